The van der Waals surface area contributed by atoms with Crippen LogP contribution in [0.25, 0.3) is 0 Å². The molecule has 0 aliphatic rings. The van der Waals surface area contributed by atoms with Crippen molar-refractivity contribution in [3.63, 3.8) is 0 Å². The highest BCUT2D eigenvalue weighted by molar-refractivity contribution is 5.47. The summed E-state index contributed by atoms with van der Waals surface area (Å²) in [4.78, 5) is 4.19. The van der Waals surface area contributed by atoms with Crippen LogP contribution >= 0.6 is 0 Å². The summed E-state index contributed by atoms with van der Waals surface area (Å²) < 4.78 is 10.6. The number of aromatic nitrogens is 1. The summed E-state index contributed by atoms with van der Waals surface area (Å²) in [5, 5.41) is 12.2. The van der Waals surface area contributed by atoms with Crippen molar-refractivity contribution in [2.24, 2.45) is 0 Å². The summed E-state index contributed by atoms with van der Waals surface area (Å²) >= 11 is 0. The number of nitriles is 1. The molecule has 0 fully saturated rings. The first-order valence-electron chi connectivity index (χ1n) is 6.66. The third-order valence-electron chi connectivity index (χ3n) is 2.92. The van der Waals surface area contributed by atoms with E-state index in [4.69, 9.17) is 14.7 Å². The second-order valence-corrected chi connectivity index (χ2v) is 4.31. The summed E-state index contributed by atoms with van der Waals surface area (Å²) in [7, 11) is 1.61. The average Bonchev–Trinajstić information content (AvgIpc) is 2.54. The molecule has 108 valence electrons. The van der Waals surface area contributed by atoms with Gasteiger partial charge in [0.25, 0.3) is 0 Å². The Hall–Kier alpha value is -2.74. The number of hydrogen-bond donors (Lipinski definition) is 1. The predicted molar refractivity (Wildman–Crippen MR) is 80.4 cm³/mol. The molecule has 1 aromatic heterocycles. The van der Waals surface area contributed by atoms with Gasteiger partial charge in [-0.25, -0.2) is 4.98 Å². The maximum atomic E-state index is 8.96. The van der Waals surface area contributed by atoms with Crippen molar-refractivity contribution < 1.29 is 9.47 Å². The number of hydrogen-bond acceptors (Lipinski definition) is 5. The van der Waals surface area contributed by atoms with Crippen molar-refractivity contribution in [3.8, 4) is 17.7 Å². The molecule has 0 atom stereocenters. The number of pyridine rings is 1. The highest BCUT2D eigenvalue weighted by Crippen LogP contribution is 2.21. The Balaban J connectivity index is 2.07. The van der Waals surface area contributed by atoms with Crippen molar-refractivity contribution in [3.05, 3.63) is 47.7 Å². The van der Waals surface area contributed by atoms with E-state index < -0.39 is 0 Å². The van der Waals surface area contributed by atoms with E-state index in [9.17, 15) is 0 Å². The molecule has 2 aromatic rings. The summed E-state index contributed by atoms with van der Waals surface area (Å²) in [6.45, 7) is 3.06. The molecule has 2 rings (SSSR count). The lowest BCUT2D eigenvalue weighted by atomic mass is 10.1. The molecule has 0 aliphatic carbocycles. The maximum Gasteiger partial charge on any atom is 0.213 e. The fourth-order valence-corrected chi connectivity index (χ4v) is 1.90. The Morgan fingerprint density at radius 2 is 2.14 bits per heavy atom. The van der Waals surface area contributed by atoms with Crippen molar-refractivity contribution in [2.75, 3.05) is 19.0 Å². The van der Waals surface area contributed by atoms with Crippen LogP contribution in [0.2, 0.25) is 0 Å². The molecule has 1 N–H and O–H groups in total. The smallest absolute Gasteiger partial charge is 0.213 e. The molecule has 0 aliphatic heterocycles. The van der Waals surface area contributed by atoms with Crippen LogP contribution in [0.15, 0.2) is 36.5 Å². The van der Waals surface area contributed by atoms with E-state index >= 15 is 0 Å². The standard InChI is InChI=1S/C16H17N3O2/c1-3-21-16-7-5-14(11-19-16)18-10-13-8-12(9-17)4-6-15(13)20-2/h4-8,11,18H,3,10H2,1-2H3. The highest BCUT2D eigenvalue weighted by atomic mass is 16.5. The van der Waals surface area contributed by atoms with Crippen LogP contribution in [0.4, 0.5) is 5.69 Å². The largest absolute Gasteiger partial charge is 0.496 e. The van der Waals surface area contributed by atoms with Crippen molar-refractivity contribution in [1.82, 2.24) is 4.98 Å². The quantitative estimate of drug-likeness (QED) is 0.882. The van der Waals surface area contributed by atoms with Gasteiger partial charge in [-0.1, -0.05) is 0 Å². The van der Waals surface area contributed by atoms with E-state index in [1.807, 2.05) is 25.1 Å². The summed E-state index contributed by atoms with van der Waals surface area (Å²) in [5.41, 5.74) is 2.41. The second kappa shape index (κ2) is 7.15. The lowest BCUT2D eigenvalue weighted by Crippen LogP contribution is -2.03. The van der Waals surface area contributed by atoms with Gasteiger partial charge in [0.2, 0.25) is 5.88 Å². The fourth-order valence-electron chi connectivity index (χ4n) is 1.90. The van der Waals surface area contributed by atoms with Gasteiger partial charge in [0, 0.05) is 18.2 Å². The van der Waals surface area contributed by atoms with Gasteiger partial charge in [0.05, 0.1) is 37.2 Å². The lowest BCUT2D eigenvalue weighted by molar-refractivity contribution is 0.327. The number of nitrogens with one attached hydrogen (secondary N) is 1. The average molecular weight is 283 g/mol. The third-order valence-corrected chi connectivity index (χ3v) is 2.92. The lowest BCUT2D eigenvalue weighted by Gasteiger charge is -2.11. The minimum atomic E-state index is 0.550. The molecule has 0 radical (unpaired) electrons. The molecule has 0 spiro atoms. The van der Waals surface area contributed by atoms with E-state index in [2.05, 4.69) is 16.4 Å². The second-order valence-electron chi connectivity index (χ2n) is 4.31. The molecule has 0 unspecified atom stereocenters. The van der Waals surface area contributed by atoms with Gasteiger partial charge in [-0.2, -0.15) is 5.26 Å². The van der Waals surface area contributed by atoms with Crippen LogP contribution in [-0.2, 0) is 6.54 Å². The highest BCUT2D eigenvalue weighted by Gasteiger charge is 2.05. The van der Waals surface area contributed by atoms with E-state index in [1.54, 1.807) is 25.4 Å². The Bertz CT molecular complexity index is 633. The number of benzene rings is 1. The fraction of sp³-hybridized carbons (Fsp3) is 0.250. The maximum absolute atomic E-state index is 8.96. The van der Waals surface area contributed by atoms with E-state index in [0.717, 1.165) is 17.0 Å². The molecule has 0 amide bonds. The minimum absolute atomic E-state index is 0.550. The van der Waals surface area contributed by atoms with Gasteiger partial charge in [-0.15, -0.1) is 0 Å². The molecule has 1 aromatic carbocycles. The number of nitrogens with zero attached hydrogens (tertiary/aromatic N) is 2. The normalized spacial score (nSPS) is 9.76. The van der Waals surface area contributed by atoms with Gasteiger partial charge in [-0.3, -0.25) is 0 Å². The SMILES string of the molecule is CCOc1ccc(NCc2cc(C#N)ccc2OC)cn1. The van der Waals surface area contributed by atoms with Gasteiger partial charge >= 0.3 is 0 Å². The van der Waals surface area contributed by atoms with Gasteiger partial charge < -0.3 is 14.8 Å². The van der Waals surface area contributed by atoms with Gasteiger partial charge in [-0.05, 0) is 31.2 Å². The minimum Gasteiger partial charge on any atom is -0.496 e. The first-order chi connectivity index (χ1) is 10.3. The molecular formula is C16H17N3O2. The van der Waals surface area contributed by atoms with Crippen molar-refractivity contribution in [2.45, 2.75) is 13.5 Å². The summed E-state index contributed by atoms with van der Waals surface area (Å²) in [5.74, 6) is 1.35. The molecule has 5 heteroatoms. The van der Waals surface area contributed by atoms with Crippen molar-refractivity contribution in [1.29, 1.82) is 5.26 Å². The van der Waals surface area contributed by atoms with E-state index in [1.165, 1.54) is 0 Å². The molecule has 1 heterocycles. The Labute approximate surface area is 124 Å². The summed E-state index contributed by atoms with van der Waals surface area (Å²) in [6.07, 6.45) is 1.71. The monoisotopic (exact) mass is 283 g/mol. The first kappa shape index (κ1) is 14.7. The van der Waals surface area contributed by atoms with Crippen LogP contribution in [0.1, 0.15) is 18.1 Å². The molecular weight excluding hydrogens is 266 g/mol. The molecule has 0 saturated carbocycles. The molecule has 5 nitrogen and oxygen atoms in total. The van der Waals surface area contributed by atoms with Gasteiger partial charge in [0.15, 0.2) is 0 Å². The molecule has 21 heavy (non-hydrogen) atoms. The zero-order chi connectivity index (χ0) is 15.1. The number of methoxy groups -OCH3 is 1. The Morgan fingerprint density at radius 1 is 1.29 bits per heavy atom. The number of ether oxygens (including phenoxy) is 2. The molecule has 0 bridgehead atoms. The first-order valence-corrected chi connectivity index (χ1v) is 6.66. The van der Waals surface area contributed by atoms with Crippen LogP contribution in [0, 0.1) is 11.3 Å². The zero-order valence-electron chi connectivity index (χ0n) is 12.1. The van der Waals surface area contributed by atoms with E-state index in [-0.39, 0.29) is 0 Å². The Kier molecular flexibility index (Phi) is 4.99. The third kappa shape index (κ3) is 3.86. The van der Waals surface area contributed by atoms with Crippen LogP contribution in [0.5, 0.6) is 11.6 Å². The van der Waals surface area contributed by atoms with Gasteiger partial charge in [0.1, 0.15) is 5.75 Å². The number of anilines is 1. The van der Waals surface area contributed by atoms with E-state index in [0.29, 0.717) is 24.6 Å². The Morgan fingerprint density at radius 3 is 2.76 bits per heavy atom. The molecule has 0 saturated heterocycles. The number of rotatable bonds is 6. The zero-order valence-corrected chi connectivity index (χ0v) is 12.1. The topological polar surface area (TPSA) is 67.2 Å². The predicted octanol–water partition coefficient (Wildman–Crippen LogP) is 2.97. The van der Waals surface area contributed by atoms with Crippen LogP contribution in [0.3, 0.4) is 0 Å². The summed E-state index contributed by atoms with van der Waals surface area (Å²) in [6, 6.07) is 11.2. The van der Waals surface area contributed by atoms with Crippen molar-refractivity contribution >= 4 is 5.69 Å². The van der Waals surface area contributed by atoms with Crippen LogP contribution < -0.4 is 14.8 Å². The van der Waals surface area contributed by atoms with Crippen LogP contribution in [-0.4, -0.2) is 18.7 Å².